The van der Waals surface area contributed by atoms with Gasteiger partial charge in [-0.25, -0.2) is 0 Å². The molecule has 1 aromatic heterocycles. The second-order valence-electron chi connectivity index (χ2n) is 4.70. The van der Waals surface area contributed by atoms with Gasteiger partial charge in [0.25, 0.3) is 0 Å². The third kappa shape index (κ3) is 3.50. The van der Waals surface area contributed by atoms with E-state index in [1.165, 1.54) is 16.4 Å². The molecule has 16 heavy (non-hydrogen) atoms. The maximum absolute atomic E-state index is 5.72. The summed E-state index contributed by atoms with van der Waals surface area (Å²) in [5.74, 6) is 0.985. The van der Waals surface area contributed by atoms with Gasteiger partial charge in [0.2, 0.25) is 0 Å². The predicted octanol–water partition coefficient (Wildman–Crippen LogP) is 1.73. The molecule has 0 aliphatic carbocycles. The maximum Gasteiger partial charge on any atom is 0.0826 e. The zero-order chi connectivity index (χ0) is 12.1. The van der Waals surface area contributed by atoms with Gasteiger partial charge in [-0.15, -0.1) is 5.10 Å². The van der Waals surface area contributed by atoms with E-state index < -0.39 is 0 Å². The Kier molecular flexibility index (Phi) is 5.31. The van der Waals surface area contributed by atoms with Crippen LogP contribution in [-0.4, -0.2) is 22.2 Å². The molecular weight excluding hydrogens is 220 g/mol. The number of rotatable bonds is 6. The molecule has 0 spiro atoms. The first-order valence-corrected chi connectivity index (χ1v) is 6.58. The van der Waals surface area contributed by atoms with Crippen LogP contribution in [0.1, 0.15) is 44.2 Å². The van der Waals surface area contributed by atoms with Crippen LogP contribution in [0, 0.1) is 5.92 Å². The van der Waals surface area contributed by atoms with Crippen molar-refractivity contribution in [3.8, 4) is 0 Å². The lowest BCUT2D eigenvalue weighted by molar-refractivity contribution is 0.405. The van der Waals surface area contributed by atoms with Crippen molar-refractivity contribution in [3.05, 3.63) is 10.6 Å². The summed E-state index contributed by atoms with van der Waals surface area (Å²) < 4.78 is 4.01. The summed E-state index contributed by atoms with van der Waals surface area (Å²) in [7, 11) is 0. The van der Waals surface area contributed by atoms with Crippen molar-refractivity contribution in [1.29, 1.82) is 0 Å². The summed E-state index contributed by atoms with van der Waals surface area (Å²) in [6.07, 6.45) is 0. The summed E-state index contributed by atoms with van der Waals surface area (Å²) in [6.45, 7) is 10.1. The first-order valence-electron chi connectivity index (χ1n) is 5.80. The lowest BCUT2D eigenvalue weighted by Crippen LogP contribution is -2.39. The van der Waals surface area contributed by atoms with Crippen LogP contribution in [0.2, 0.25) is 0 Å². The fraction of sp³-hybridized carbons (Fsp3) is 0.818. The zero-order valence-electron chi connectivity index (χ0n) is 10.5. The van der Waals surface area contributed by atoms with Gasteiger partial charge in [0.1, 0.15) is 0 Å². The summed E-state index contributed by atoms with van der Waals surface area (Å²) in [6, 6.07) is 0.363. The standard InChI is InChI=1S/C11H22N4S/c1-7(2)9(5-12)13-6-10-11(8(3)4)14-15-16-10/h7-9,13H,5-6,12H2,1-4H3. The Morgan fingerprint density at radius 3 is 2.50 bits per heavy atom. The van der Waals surface area contributed by atoms with Crippen molar-refractivity contribution in [2.24, 2.45) is 11.7 Å². The Morgan fingerprint density at radius 2 is 2.00 bits per heavy atom. The minimum absolute atomic E-state index is 0.363. The van der Waals surface area contributed by atoms with E-state index in [1.807, 2.05) is 0 Å². The van der Waals surface area contributed by atoms with Crippen molar-refractivity contribution in [2.75, 3.05) is 6.54 Å². The minimum atomic E-state index is 0.363. The maximum atomic E-state index is 5.72. The quantitative estimate of drug-likeness (QED) is 0.797. The number of nitrogens with zero attached hydrogens (tertiary/aromatic N) is 2. The highest BCUT2D eigenvalue weighted by molar-refractivity contribution is 7.05. The Bertz CT molecular complexity index is 309. The summed E-state index contributed by atoms with van der Waals surface area (Å²) in [4.78, 5) is 1.23. The molecule has 0 amide bonds. The van der Waals surface area contributed by atoms with Crippen LogP contribution in [0.4, 0.5) is 0 Å². The molecule has 5 heteroatoms. The van der Waals surface area contributed by atoms with E-state index in [0.29, 0.717) is 24.4 Å². The normalized spacial score (nSPS) is 13.7. The molecular formula is C11H22N4S. The first kappa shape index (κ1) is 13.5. The van der Waals surface area contributed by atoms with E-state index in [-0.39, 0.29) is 0 Å². The first-order chi connectivity index (χ1) is 7.56. The molecule has 0 aromatic carbocycles. The van der Waals surface area contributed by atoms with Crippen LogP contribution >= 0.6 is 11.5 Å². The minimum Gasteiger partial charge on any atom is -0.329 e. The molecule has 0 aliphatic heterocycles. The molecule has 0 fully saturated rings. The summed E-state index contributed by atoms with van der Waals surface area (Å²) in [5, 5.41) is 7.63. The van der Waals surface area contributed by atoms with Gasteiger partial charge in [0.05, 0.1) is 10.6 Å². The lowest BCUT2D eigenvalue weighted by atomic mass is 10.0. The smallest absolute Gasteiger partial charge is 0.0826 e. The van der Waals surface area contributed by atoms with E-state index >= 15 is 0 Å². The van der Waals surface area contributed by atoms with Gasteiger partial charge in [-0.2, -0.15) is 0 Å². The monoisotopic (exact) mass is 242 g/mol. The average Bonchev–Trinajstić information content (AvgIpc) is 2.66. The molecule has 1 atom stereocenters. The molecule has 1 rings (SSSR count). The lowest BCUT2D eigenvalue weighted by Gasteiger charge is -2.20. The highest BCUT2D eigenvalue weighted by Gasteiger charge is 2.15. The van der Waals surface area contributed by atoms with Crippen molar-refractivity contribution >= 4 is 11.5 Å². The Morgan fingerprint density at radius 1 is 1.31 bits per heavy atom. The molecule has 92 valence electrons. The van der Waals surface area contributed by atoms with E-state index in [2.05, 4.69) is 42.6 Å². The molecule has 0 bridgehead atoms. The van der Waals surface area contributed by atoms with Crippen LogP contribution < -0.4 is 11.1 Å². The molecule has 1 aromatic rings. The van der Waals surface area contributed by atoms with Crippen LogP contribution in [0.3, 0.4) is 0 Å². The summed E-state index contributed by atoms with van der Waals surface area (Å²) in [5.41, 5.74) is 6.83. The Balaban J connectivity index is 2.56. The highest BCUT2D eigenvalue weighted by Crippen LogP contribution is 2.19. The van der Waals surface area contributed by atoms with Gasteiger partial charge in [-0.05, 0) is 23.4 Å². The molecule has 0 saturated heterocycles. The van der Waals surface area contributed by atoms with Gasteiger partial charge in [0.15, 0.2) is 0 Å². The molecule has 0 aliphatic rings. The van der Waals surface area contributed by atoms with E-state index in [0.717, 1.165) is 12.2 Å². The highest BCUT2D eigenvalue weighted by atomic mass is 32.1. The topological polar surface area (TPSA) is 63.8 Å². The molecule has 0 saturated carbocycles. The fourth-order valence-electron chi connectivity index (χ4n) is 1.59. The van der Waals surface area contributed by atoms with Gasteiger partial charge in [-0.1, -0.05) is 32.2 Å². The largest absolute Gasteiger partial charge is 0.329 e. The molecule has 4 nitrogen and oxygen atoms in total. The van der Waals surface area contributed by atoms with Gasteiger partial charge in [-0.3, -0.25) is 0 Å². The number of hydrogen-bond acceptors (Lipinski definition) is 5. The van der Waals surface area contributed by atoms with E-state index in [1.54, 1.807) is 0 Å². The van der Waals surface area contributed by atoms with Crippen molar-refractivity contribution in [1.82, 2.24) is 14.9 Å². The second-order valence-corrected chi connectivity index (χ2v) is 5.54. The SMILES string of the molecule is CC(C)c1nnsc1CNC(CN)C(C)C. The zero-order valence-corrected chi connectivity index (χ0v) is 11.3. The van der Waals surface area contributed by atoms with Crippen molar-refractivity contribution in [3.63, 3.8) is 0 Å². The van der Waals surface area contributed by atoms with Crippen LogP contribution in [0.15, 0.2) is 0 Å². The van der Waals surface area contributed by atoms with Gasteiger partial charge >= 0.3 is 0 Å². The third-order valence-corrected chi connectivity index (χ3v) is 3.45. The number of nitrogens with one attached hydrogen (secondary N) is 1. The van der Waals surface area contributed by atoms with Crippen LogP contribution in [-0.2, 0) is 6.54 Å². The van der Waals surface area contributed by atoms with E-state index in [4.69, 9.17) is 5.73 Å². The number of aromatic nitrogens is 2. The van der Waals surface area contributed by atoms with Crippen LogP contribution in [0.25, 0.3) is 0 Å². The number of hydrogen-bond donors (Lipinski definition) is 2. The Labute approximate surface area is 102 Å². The average molecular weight is 242 g/mol. The molecule has 3 N–H and O–H groups in total. The third-order valence-electron chi connectivity index (χ3n) is 2.72. The molecule has 0 radical (unpaired) electrons. The summed E-state index contributed by atoms with van der Waals surface area (Å²) >= 11 is 1.48. The molecule has 1 heterocycles. The van der Waals surface area contributed by atoms with Crippen LogP contribution in [0.5, 0.6) is 0 Å². The molecule has 1 unspecified atom stereocenters. The van der Waals surface area contributed by atoms with E-state index in [9.17, 15) is 0 Å². The van der Waals surface area contributed by atoms with Crippen molar-refractivity contribution < 1.29 is 0 Å². The Hall–Kier alpha value is -0.520. The predicted molar refractivity (Wildman–Crippen MR) is 68.5 cm³/mol. The fourth-order valence-corrected chi connectivity index (χ4v) is 2.34. The van der Waals surface area contributed by atoms with Gasteiger partial charge < -0.3 is 11.1 Å². The van der Waals surface area contributed by atoms with Gasteiger partial charge in [0, 0.05) is 19.1 Å². The number of nitrogens with two attached hydrogens (primary N) is 1. The second kappa shape index (κ2) is 6.27. The van der Waals surface area contributed by atoms with Crippen molar-refractivity contribution in [2.45, 2.75) is 46.2 Å².